The Kier molecular flexibility index (Phi) is 4.07. The SMILES string of the molecule is CCCN1CC[C@H]2[C@H](C)C(=O)CC[C@]2(c2ccccc2)C1=O. The maximum atomic E-state index is 13.3. The van der Waals surface area contributed by atoms with Crippen molar-refractivity contribution in [2.75, 3.05) is 13.1 Å². The Labute approximate surface area is 132 Å². The largest absolute Gasteiger partial charge is 0.342 e. The molecular formula is C19H25NO2. The van der Waals surface area contributed by atoms with Crippen LogP contribution >= 0.6 is 0 Å². The van der Waals surface area contributed by atoms with E-state index in [2.05, 4.69) is 19.1 Å². The first-order chi connectivity index (χ1) is 10.6. The van der Waals surface area contributed by atoms with Gasteiger partial charge in [-0.1, -0.05) is 44.2 Å². The van der Waals surface area contributed by atoms with Gasteiger partial charge in [-0.3, -0.25) is 9.59 Å². The highest BCUT2D eigenvalue weighted by Gasteiger charge is 2.56. The fraction of sp³-hybridized carbons (Fsp3) is 0.579. The second-order valence-electron chi connectivity index (χ2n) is 6.78. The summed E-state index contributed by atoms with van der Waals surface area (Å²) in [6, 6.07) is 10.2. The Morgan fingerprint density at radius 3 is 2.64 bits per heavy atom. The number of benzene rings is 1. The summed E-state index contributed by atoms with van der Waals surface area (Å²) in [5, 5.41) is 0. The molecule has 0 N–H and O–H groups in total. The van der Waals surface area contributed by atoms with E-state index in [4.69, 9.17) is 0 Å². The quantitative estimate of drug-likeness (QED) is 0.859. The van der Waals surface area contributed by atoms with Gasteiger partial charge in [-0.05, 0) is 30.7 Å². The van der Waals surface area contributed by atoms with Crippen LogP contribution in [0.25, 0.3) is 0 Å². The molecule has 2 fully saturated rings. The number of rotatable bonds is 3. The van der Waals surface area contributed by atoms with Crippen molar-refractivity contribution in [2.24, 2.45) is 11.8 Å². The third-order valence-corrected chi connectivity index (χ3v) is 5.67. The molecule has 1 saturated carbocycles. The molecule has 0 radical (unpaired) electrons. The van der Waals surface area contributed by atoms with E-state index < -0.39 is 5.41 Å². The lowest BCUT2D eigenvalue weighted by Crippen LogP contribution is -2.60. The fourth-order valence-electron chi connectivity index (χ4n) is 4.53. The molecule has 1 aromatic carbocycles. The number of likely N-dealkylation sites (tertiary alicyclic amines) is 1. The van der Waals surface area contributed by atoms with Gasteiger partial charge in [-0.25, -0.2) is 0 Å². The highest BCUT2D eigenvalue weighted by atomic mass is 16.2. The minimum absolute atomic E-state index is 0.0123. The Morgan fingerprint density at radius 2 is 1.95 bits per heavy atom. The summed E-state index contributed by atoms with van der Waals surface area (Å²) in [5.74, 6) is 0.711. The molecular weight excluding hydrogens is 274 g/mol. The summed E-state index contributed by atoms with van der Waals surface area (Å²) in [6.07, 6.45) is 3.12. The summed E-state index contributed by atoms with van der Waals surface area (Å²) in [6.45, 7) is 5.75. The standard InChI is InChI=1S/C19H25NO2/c1-3-12-20-13-10-16-14(2)17(21)9-11-19(16,18(20)22)15-7-5-4-6-8-15/h4-8,14,16H,3,9-13H2,1-2H3/t14-,16-,19+/m0/s1. The molecule has 3 atom stereocenters. The van der Waals surface area contributed by atoms with Crippen LogP contribution < -0.4 is 0 Å². The van der Waals surface area contributed by atoms with Crippen molar-refractivity contribution in [3.05, 3.63) is 35.9 Å². The molecule has 22 heavy (non-hydrogen) atoms. The van der Waals surface area contributed by atoms with Gasteiger partial charge in [0.25, 0.3) is 0 Å². The lowest BCUT2D eigenvalue weighted by atomic mass is 9.55. The van der Waals surface area contributed by atoms with E-state index in [1.807, 2.05) is 30.0 Å². The number of nitrogens with zero attached hydrogens (tertiary/aromatic N) is 1. The van der Waals surface area contributed by atoms with Gasteiger partial charge in [-0.2, -0.15) is 0 Å². The van der Waals surface area contributed by atoms with Crippen LogP contribution in [0.15, 0.2) is 30.3 Å². The van der Waals surface area contributed by atoms with Gasteiger partial charge < -0.3 is 4.90 Å². The normalized spacial score (nSPS) is 32.0. The molecule has 0 aromatic heterocycles. The van der Waals surface area contributed by atoms with Gasteiger partial charge in [0.05, 0.1) is 5.41 Å². The van der Waals surface area contributed by atoms with Crippen LogP contribution in [-0.4, -0.2) is 29.7 Å². The van der Waals surface area contributed by atoms with Crippen LogP contribution in [0, 0.1) is 11.8 Å². The second kappa shape index (κ2) is 5.86. The summed E-state index contributed by atoms with van der Waals surface area (Å²) < 4.78 is 0. The third-order valence-electron chi connectivity index (χ3n) is 5.67. The number of amides is 1. The maximum Gasteiger partial charge on any atom is 0.233 e. The topological polar surface area (TPSA) is 37.4 Å². The van der Waals surface area contributed by atoms with E-state index in [9.17, 15) is 9.59 Å². The van der Waals surface area contributed by atoms with Gasteiger partial charge in [-0.15, -0.1) is 0 Å². The molecule has 1 saturated heterocycles. The second-order valence-corrected chi connectivity index (χ2v) is 6.78. The zero-order chi connectivity index (χ0) is 15.7. The van der Waals surface area contributed by atoms with Crippen molar-refractivity contribution >= 4 is 11.7 Å². The summed E-state index contributed by atoms with van der Waals surface area (Å²) in [7, 11) is 0. The number of hydrogen-bond acceptors (Lipinski definition) is 2. The molecule has 1 aliphatic carbocycles. The summed E-state index contributed by atoms with van der Waals surface area (Å²) >= 11 is 0. The maximum absolute atomic E-state index is 13.3. The van der Waals surface area contributed by atoms with Crippen molar-refractivity contribution < 1.29 is 9.59 Å². The molecule has 3 heteroatoms. The number of hydrogen-bond donors (Lipinski definition) is 0. The first-order valence-electron chi connectivity index (χ1n) is 8.49. The van der Waals surface area contributed by atoms with Gasteiger partial charge in [0.1, 0.15) is 5.78 Å². The van der Waals surface area contributed by atoms with E-state index in [0.717, 1.165) is 31.5 Å². The Hall–Kier alpha value is -1.64. The molecule has 1 aliphatic heterocycles. The average Bonchev–Trinajstić information content (AvgIpc) is 2.55. The minimum atomic E-state index is -0.484. The van der Waals surface area contributed by atoms with Crippen molar-refractivity contribution in [1.82, 2.24) is 4.90 Å². The van der Waals surface area contributed by atoms with Crippen molar-refractivity contribution in [3.8, 4) is 0 Å². The van der Waals surface area contributed by atoms with E-state index in [1.165, 1.54) is 0 Å². The average molecular weight is 299 g/mol. The lowest BCUT2D eigenvalue weighted by Gasteiger charge is -2.52. The molecule has 1 aromatic rings. The van der Waals surface area contributed by atoms with Crippen LogP contribution in [0.2, 0.25) is 0 Å². The molecule has 0 spiro atoms. The smallest absolute Gasteiger partial charge is 0.233 e. The van der Waals surface area contributed by atoms with Gasteiger partial charge >= 0.3 is 0 Å². The van der Waals surface area contributed by atoms with Crippen LogP contribution in [0.1, 0.15) is 45.1 Å². The zero-order valence-corrected chi connectivity index (χ0v) is 13.5. The predicted molar refractivity (Wildman–Crippen MR) is 86.5 cm³/mol. The Morgan fingerprint density at radius 1 is 1.23 bits per heavy atom. The molecule has 0 unspecified atom stereocenters. The number of carbonyl (C=O) groups is 2. The molecule has 3 rings (SSSR count). The first-order valence-corrected chi connectivity index (χ1v) is 8.49. The number of Topliss-reactive ketones (excluding diaryl/α,β-unsaturated/α-hetero) is 1. The van der Waals surface area contributed by atoms with Crippen LogP contribution in [0.4, 0.5) is 0 Å². The van der Waals surface area contributed by atoms with Crippen LogP contribution in [0.3, 0.4) is 0 Å². The summed E-state index contributed by atoms with van der Waals surface area (Å²) in [4.78, 5) is 27.6. The molecule has 3 nitrogen and oxygen atoms in total. The molecule has 2 aliphatic rings. The minimum Gasteiger partial charge on any atom is -0.342 e. The zero-order valence-electron chi connectivity index (χ0n) is 13.5. The molecule has 1 heterocycles. The van der Waals surface area contributed by atoms with E-state index in [-0.39, 0.29) is 17.7 Å². The lowest BCUT2D eigenvalue weighted by molar-refractivity contribution is -0.151. The number of carbonyl (C=O) groups excluding carboxylic acids is 2. The van der Waals surface area contributed by atoms with Gasteiger partial charge in [0, 0.05) is 25.4 Å². The number of piperidine rings is 1. The van der Waals surface area contributed by atoms with Gasteiger partial charge in [0.15, 0.2) is 0 Å². The molecule has 1 amide bonds. The highest BCUT2D eigenvalue weighted by Crippen LogP contribution is 2.50. The van der Waals surface area contributed by atoms with Crippen LogP contribution in [-0.2, 0) is 15.0 Å². The highest BCUT2D eigenvalue weighted by molar-refractivity contribution is 5.94. The Bertz CT molecular complexity index is 568. The third kappa shape index (κ3) is 2.18. The van der Waals surface area contributed by atoms with Crippen molar-refractivity contribution in [1.29, 1.82) is 0 Å². The van der Waals surface area contributed by atoms with Crippen LogP contribution in [0.5, 0.6) is 0 Å². The number of ketones is 1. The summed E-state index contributed by atoms with van der Waals surface area (Å²) in [5.41, 5.74) is 0.618. The van der Waals surface area contributed by atoms with E-state index >= 15 is 0 Å². The predicted octanol–water partition coefficient (Wildman–Crippen LogP) is 3.18. The molecule has 118 valence electrons. The van der Waals surface area contributed by atoms with Gasteiger partial charge in [0.2, 0.25) is 5.91 Å². The van der Waals surface area contributed by atoms with Crippen molar-refractivity contribution in [2.45, 2.75) is 44.9 Å². The monoisotopic (exact) mass is 299 g/mol. The fourth-order valence-corrected chi connectivity index (χ4v) is 4.53. The Balaban J connectivity index is 2.08. The number of fused-ring (bicyclic) bond motifs is 1. The first kappa shape index (κ1) is 15.3. The van der Waals surface area contributed by atoms with E-state index in [1.54, 1.807) is 0 Å². The van der Waals surface area contributed by atoms with Crippen molar-refractivity contribution in [3.63, 3.8) is 0 Å². The van der Waals surface area contributed by atoms with E-state index in [0.29, 0.717) is 18.6 Å². The molecule has 0 bridgehead atoms.